The molecule has 1 unspecified atom stereocenters. The molecule has 0 aliphatic rings. The molecule has 0 amide bonds. The highest BCUT2D eigenvalue weighted by molar-refractivity contribution is 5.98. The monoisotopic (exact) mass is 265 g/mol. The largest absolute Gasteiger partial charge is 0.486 e. The first-order chi connectivity index (χ1) is 9.01. The Morgan fingerprint density at radius 1 is 1.32 bits per heavy atom. The number of Topliss-reactive ketones (excluding diaryl/α,β-unsaturated/α-hetero) is 2. The number of ketones is 2. The number of nitrogens with two attached hydrogens (primary N) is 1. The summed E-state index contributed by atoms with van der Waals surface area (Å²) in [4.78, 5) is 22.0. The van der Waals surface area contributed by atoms with Gasteiger partial charge in [0.1, 0.15) is 18.1 Å². The van der Waals surface area contributed by atoms with E-state index < -0.39 is 0 Å². The minimum Gasteiger partial charge on any atom is -0.486 e. The van der Waals surface area contributed by atoms with Crippen molar-refractivity contribution in [3.8, 4) is 5.75 Å². The number of rotatable bonds is 8. The predicted molar refractivity (Wildman–Crippen MR) is 71.0 cm³/mol. The van der Waals surface area contributed by atoms with E-state index in [-0.39, 0.29) is 37.2 Å². The zero-order chi connectivity index (χ0) is 14.3. The van der Waals surface area contributed by atoms with Crippen LogP contribution in [-0.4, -0.2) is 35.9 Å². The van der Waals surface area contributed by atoms with E-state index in [0.29, 0.717) is 12.2 Å². The topological polar surface area (TPSA) is 89.6 Å². The number of hydrogen-bond donors (Lipinski definition) is 2. The van der Waals surface area contributed by atoms with E-state index in [9.17, 15) is 9.59 Å². The summed E-state index contributed by atoms with van der Waals surface area (Å²) in [5.41, 5.74) is 6.62. The van der Waals surface area contributed by atoms with Gasteiger partial charge >= 0.3 is 0 Å². The van der Waals surface area contributed by atoms with Gasteiger partial charge < -0.3 is 15.6 Å². The van der Waals surface area contributed by atoms with Gasteiger partial charge in [0.15, 0.2) is 5.78 Å². The van der Waals surface area contributed by atoms with Crippen LogP contribution in [0.15, 0.2) is 24.3 Å². The van der Waals surface area contributed by atoms with Gasteiger partial charge in [-0.3, -0.25) is 9.59 Å². The smallest absolute Gasteiger partial charge is 0.177 e. The predicted octanol–water partition coefficient (Wildman–Crippen LogP) is 0.476. The minimum absolute atomic E-state index is 0.0577. The summed E-state index contributed by atoms with van der Waals surface area (Å²) >= 11 is 0. The van der Waals surface area contributed by atoms with Crippen molar-refractivity contribution in [3.63, 3.8) is 0 Å². The molecule has 0 aliphatic heterocycles. The Labute approximate surface area is 112 Å². The third-order valence-electron chi connectivity index (χ3n) is 2.50. The molecule has 1 rings (SSSR count). The van der Waals surface area contributed by atoms with Crippen molar-refractivity contribution < 1.29 is 19.4 Å². The number of ether oxygens (including phenoxy) is 1. The fraction of sp³-hybridized carbons (Fsp3) is 0.429. The maximum atomic E-state index is 11.3. The van der Waals surface area contributed by atoms with Crippen LogP contribution in [0.25, 0.3) is 0 Å². The molecule has 0 heterocycles. The first-order valence-corrected chi connectivity index (χ1v) is 6.10. The lowest BCUT2D eigenvalue weighted by atomic mass is 10.1. The second kappa shape index (κ2) is 7.66. The van der Waals surface area contributed by atoms with E-state index in [1.807, 2.05) is 12.1 Å². The normalized spacial score (nSPS) is 11.9. The average Bonchev–Trinajstić information content (AvgIpc) is 2.37. The molecule has 0 saturated heterocycles. The Hall–Kier alpha value is -1.72. The van der Waals surface area contributed by atoms with E-state index in [4.69, 9.17) is 15.6 Å². The molecule has 0 fully saturated rings. The Morgan fingerprint density at radius 2 is 1.95 bits per heavy atom. The maximum absolute atomic E-state index is 11.3. The molecule has 19 heavy (non-hydrogen) atoms. The Kier molecular flexibility index (Phi) is 6.18. The lowest BCUT2D eigenvalue weighted by Gasteiger charge is -2.09. The second-order valence-electron chi connectivity index (χ2n) is 4.50. The minimum atomic E-state index is -0.274. The molecule has 0 bridgehead atoms. The van der Waals surface area contributed by atoms with Gasteiger partial charge in [-0.25, -0.2) is 0 Å². The number of aliphatic hydroxyl groups is 1. The van der Waals surface area contributed by atoms with E-state index >= 15 is 0 Å². The van der Waals surface area contributed by atoms with Crippen molar-refractivity contribution in [1.29, 1.82) is 0 Å². The third kappa shape index (κ3) is 6.13. The first-order valence-electron chi connectivity index (χ1n) is 6.10. The quantitative estimate of drug-likeness (QED) is 0.667. The van der Waals surface area contributed by atoms with Gasteiger partial charge in [-0.15, -0.1) is 0 Å². The Bertz CT molecular complexity index is 428. The van der Waals surface area contributed by atoms with Crippen LogP contribution in [0.1, 0.15) is 18.9 Å². The van der Waals surface area contributed by atoms with Gasteiger partial charge in [-0.1, -0.05) is 12.1 Å². The Balaban J connectivity index is 2.44. The highest BCUT2D eigenvalue weighted by Gasteiger charge is 2.07. The zero-order valence-electron chi connectivity index (χ0n) is 11.0. The van der Waals surface area contributed by atoms with Crippen LogP contribution in [0, 0.1) is 0 Å². The van der Waals surface area contributed by atoms with Gasteiger partial charge in [-0.2, -0.15) is 0 Å². The van der Waals surface area contributed by atoms with E-state index in [2.05, 4.69) is 0 Å². The second-order valence-corrected chi connectivity index (χ2v) is 4.50. The number of benzene rings is 1. The van der Waals surface area contributed by atoms with Crippen LogP contribution in [0.2, 0.25) is 0 Å². The lowest BCUT2D eigenvalue weighted by Crippen LogP contribution is -2.26. The van der Waals surface area contributed by atoms with Crippen LogP contribution in [0.5, 0.6) is 5.75 Å². The SMILES string of the molecule is CC(=O)CC(=O)COc1ccc(CC(N)CO)cc1. The van der Waals surface area contributed by atoms with Crippen molar-refractivity contribution in [1.82, 2.24) is 0 Å². The lowest BCUT2D eigenvalue weighted by molar-refractivity contribution is -0.127. The van der Waals surface area contributed by atoms with Crippen LogP contribution < -0.4 is 10.5 Å². The molecule has 1 atom stereocenters. The van der Waals surface area contributed by atoms with Crippen molar-refractivity contribution in [2.75, 3.05) is 13.2 Å². The highest BCUT2D eigenvalue weighted by Crippen LogP contribution is 2.13. The van der Waals surface area contributed by atoms with Crippen molar-refractivity contribution in [3.05, 3.63) is 29.8 Å². The van der Waals surface area contributed by atoms with Crippen molar-refractivity contribution >= 4 is 11.6 Å². The number of hydrogen-bond acceptors (Lipinski definition) is 5. The molecule has 0 spiro atoms. The molecule has 0 aliphatic carbocycles. The zero-order valence-corrected chi connectivity index (χ0v) is 11.0. The summed E-state index contributed by atoms with van der Waals surface area (Å²) in [5, 5.41) is 8.85. The van der Waals surface area contributed by atoms with E-state index in [1.165, 1.54) is 6.92 Å². The van der Waals surface area contributed by atoms with Crippen LogP contribution in [0.3, 0.4) is 0 Å². The average molecular weight is 265 g/mol. The van der Waals surface area contributed by atoms with Crippen molar-refractivity contribution in [2.45, 2.75) is 25.8 Å². The van der Waals surface area contributed by atoms with Crippen molar-refractivity contribution in [2.24, 2.45) is 5.73 Å². The summed E-state index contributed by atoms with van der Waals surface area (Å²) < 4.78 is 5.27. The molecular weight excluding hydrogens is 246 g/mol. The highest BCUT2D eigenvalue weighted by atomic mass is 16.5. The van der Waals surface area contributed by atoms with Gasteiger partial charge in [-0.05, 0) is 31.0 Å². The standard InChI is InChI=1S/C14H19NO4/c1-10(17)6-13(18)9-19-14-4-2-11(3-5-14)7-12(15)8-16/h2-5,12,16H,6-9,15H2,1H3. The molecule has 3 N–H and O–H groups in total. The van der Waals surface area contributed by atoms with Gasteiger partial charge in [0.25, 0.3) is 0 Å². The van der Waals surface area contributed by atoms with Gasteiger partial charge in [0.05, 0.1) is 13.0 Å². The number of aliphatic hydroxyl groups excluding tert-OH is 1. The molecule has 0 radical (unpaired) electrons. The third-order valence-corrected chi connectivity index (χ3v) is 2.50. The Morgan fingerprint density at radius 3 is 2.47 bits per heavy atom. The van der Waals surface area contributed by atoms with Gasteiger partial charge in [0, 0.05) is 6.04 Å². The molecule has 104 valence electrons. The number of carbonyl (C=O) groups excluding carboxylic acids is 2. The van der Waals surface area contributed by atoms with Gasteiger partial charge in [0.2, 0.25) is 0 Å². The molecule has 1 aromatic carbocycles. The summed E-state index contributed by atoms with van der Waals surface area (Å²) in [5.74, 6) is 0.166. The summed E-state index contributed by atoms with van der Waals surface area (Å²) in [6.07, 6.45) is 0.490. The first kappa shape index (κ1) is 15.3. The molecule has 0 aromatic heterocycles. The fourth-order valence-corrected chi connectivity index (χ4v) is 1.58. The molecular formula is C14H19NO4. The summed E-state index contributed by atoms with van der Waals surface area (Å²) in [7, 11) is 0. The maximum Gasteiger partial charge on any atom is 0.177 e. The van der Waals surface area contributed by atoms with E-state index in [0.717, 1.165) is 5.56 Å². The van der Waals surface area contributed by atoms with Crippen LogP contribution >= 0.6 is 0 Å². The van der Waals surface area contributed by atoms with E-state index in [1.54, 1.807) is 12.1 Å². The molecule has 1 aromatic rings. The summed E-state index contributed by atoms with van der Waals surface area (Å²) in [6.45, 7) is 1.21. The van der Waals surface area contributed by atoms with Crippen LogP contribution in [0.4, 0.5) is 0 Å². The summed E-state index contributed by atoms with van der Waals surface area (Å²) in [6, 6.07) is 6.87. The fourth-order valence-electron chi connectivity index (χ4n) is 1.58. The molecule has 5 heteroatoms. The molecule has 0 saturated carbocycles. The molecule has 5 nitrogen and oxygen atoms in total. The van der Waals surface area contributed by atoms with Crippen LogP contribution in [-0.2, 0) is 16.0 Å². The number of carbonyl (C=O) groups is 2.